The van der Waals surface area contributed by atoms with Crippen LogP contribution in [0.15, 0.2) is 24.3 Å². The zero-order valence-corrected chi connectivity index (χ0v) is 24.6. The number of carbonyl (C=O) groups excluding carboxylic acids is 4. The van der Waals surface area contributed by atoms with Crippen LogP contribution in [0.4, 0.5) is 11.4 Å². The van der Waals surface area contributed by atoms with Crippen LogP contribution in [0.5, 0.6) is 0 Å². The Hall–Kier alpha value is -4.40. The lowest BCUT2D eigenvalue weighted by atomic mass is 9.88. The van der Waals surface area contributed by atoms with Gasteiger partial charge in [0.1, 0.15) is 0 Å². The highest BCUT2D eigenvalue weighted by Crippen LogP contribution is 2.38. The van der Waals surface area contributed by atoms with Crippen molar-refractivity contribution in [2.24, 2.45) is 0 Å². The molecule has 0 fully saturated rings. The third-order valence-electron chi connectivity index (χ3n) is 6.44. The van der Waals surface area contributed by atoms with Gasteiger partial charge in [-0.25, -0.2) is 0 Å². The maximum absolute atomic E-state index is 13.4. The SMILES string of the molecule is Nc1cc(C(=O)NCC(O)CO)cc(C(=O)NCC(O)CO)c1-c1c(N)cc(C(=O)NCC(O)CO)cc1C(=O)NCC(O)CO. The molecule has 254 valence electrons. The predicted molar refractivity (Wildman–Crippen MR) is 162 cm³/mol. The molecule has 2 rings (SSSR count). The zero-order chi connectivity index (χ0) is 34.6. The molecular weight excluding hydrogens is 612 g/mol. The highest BCUT2D eigenvalue weighted by Gasteiger charge is 2.27. The lowest BCUT2D eigenvalue weighted by Gasteiger charge is -2.21. The number of hydrogen-bond donors (Lipinski definition) is 14. The molecule has 0 aliphatic rings. The minimum absolute atomic E-state index is 0.184. The van der Waals surface area contributed by atoms with E-state index in [0.717, 1.165) is 24.3 Å². The van der Waals surface area contributed by atoms with Gasteiger partial charge in [-0.3, -0.25) is 19.2 Å². The highest BCUT2D eigenvalue weighted by atomic mass is 16.3. The number of carbonyl (C=O) groups is 4. The number of nitrogens with one attached hydrogen (secondary N) is 4. The average Bonchev–Trinajstić information content (AvgIpc) is 3.05. The van der Waals surface area contributed by atoms with Crippen LogP contribution in [0.2, 0.25) is 0 Å². The van der Waals surface area contributed by atoms with Crippen LogP contribution in [-0.2, 0) is 0 Å². The van der Waals surface area contributed by atoms with Gasteiger partial charge < -0.3 is 73.6 Å². The minimum atomic E-state index is -1.36. The first kappa shape index (κ1) is 37.8. The monoisotopic (exact) mass is 652 g/mol. The quantitative estimate of drug-likeness (QED) is 0.0711. The van der Waals surface area contributed by atoms with E-state index in [0.29, 0.717) is 0 Å². The van der Waals surface area contributed by atoms with Crippen molar-refractivity contribution in [3.63, 3.8) is 0 Å². The molecule has 0 spiro atoms. The van der Waals surface area contributed by atoms with Crippen molar-refractivity contribution in [3.05, 3.63) is 46.5 Å². The number of benzene rings is 2. The fourth-order valence-electron chi connectivity index (χ4n) is 4.00. The fourth-order valence-corrected chi connectivity index (χ4v) is 4.00. The first-order chi connectivity index (χ1) is 21.8. The summed E-state index contributed by atoms with van der Waals surface area (Å²) < 4.78 is 0. The van der Waals surface area contributed by atoms with E-state index in [4.69, 9.17) is 31.9 Å². The van der Waals surface area contributed by atoms with Gasteiger partial charge in [0.15, 0.2) is 0 Å². The second-order valence-electron chi connectivity index (χ2n) is 10.2. The minimum Gasteiger partial charge on any atom is -0.398 e. The summed E-state index contributed by atoms with van der Waals surface area (Å²) in [4.78, 5) is 52.5. The van der Waals surface area contributed by atoms with Gasteiger partial charge in [-0.2, -0.15) is 0 Å². The molecule has 0 saturated heterocycles. The van der Waals surface area contributed by atoms with Gasteiger partial charge in [0, 0.05) is 59.8 Å². The van der Waals surface area contributed by atoms with Crippen molar-refractivity contribution in [1.29, 1.82) is 0 Å². The first-order valence-corrected chi connectivity index (χ1v) is 13.9. The number of nitrogens with two attached hydrogens (primary N) is 2. The van der Waals surface area contributed by atoms with Gasteiger partial charge >= 0.3 is 0 Å². The Balaban J connectivity index is 2.79. The lowest BCUT2D eigenvalue weighted by Crippen LogP contribution is -2.36. The van der Waals surface area contributed by atoms with Crippen LogP contribution in [0, 0.1) is 0 Å². The number of anilines is 2. The highest BCUT2D eigenvalue weighted by molar-refractivity contribution is 6.14. The zero-order valence-electron chi connectivity index (χ0n) is 24.6. The molecule has 0 heterocycles. The number of aliphatic hydroxyl groups excluding tert-OH is 8. The van der Waals surface area contributed by atoms with E-state index in [1.807, 2.05) is 0 Å². The van der Waals surface area contributed by atoms with Crippen molar-refractivity contribution < 1.29 is 60.0 Å². The van der Waals surface area contributed by atoms with Crippen molar-refractivity contribution >= 4 is 35.0 Å². The molecule has 4 amide bonds. The summed E-state index contributed by atoms with van der Waals surface area (Å²) in [5.74, 6) is -3.48. The number of hydrogen-bond acceptors (Lipinski definition) is 14. The van der Waals surface area contributed by atoms with Gasteiger partial charge in [-0.05, 0) is 24.3 Å². The standard InChI is InChI=1S/C28H40N6O12/c29-21-3-13(25(43)31-5-15(39)9-35)1-19(27(45)33-7-17(41)11-37)23(21)24-20(28(46)34-8-18(42)12-38)2-14(4-22(24)30)26(44)32-6-16(40)10-36/h1-4,15-18,35-42H,5-12,29-30H2,(H,31,43)(H,32,44)(H,33,45)(H,34,46). The van der Waals surface area contributed by atoms with E-state index < -0.39 is 87.6 Å². The molecule has 18 heteroatoms. The second-order valence-corrected chi connectivity index (χ2v) is 10.2. The van der Waals surface area contributed by atoms with E-state index in [-0.39, 0.29) is 57.8 Å². The van der Waals surface area contributed by atoms with E-state index >= 15 is 0 Å². The first-order valence-electron chi connectivity index (χ1n) is 13.9. The lowest BCUT2D eigenvalue weighted by molar-refractivity contribution is 0.0793. The molecule has 46 heavy (non-hydrogen) atoms. The molecule has 0 aliphatic carbocycles. The van der Waals surface area contributed by atoms with Gasteiger partial charge in [0.25, 0.3) is 23.6 Å². The third-order valence-corrected chi connectivity index (χ3v) is 6.44. The van der Waals surface area contributed by atoms with Crippen LogP contribution in [0.1, 0.15) is 41.4 Å². The Morgan fingerprint density at radius 1 is 0.500 bits per heavy atom. The number of rotatable bonds is 17. The molecule has 18 nitrogen and oxygen atoms in total. The molecule has 2 aromatic carbocycles. The Bertz CT molecular complexity index is 1290. The molecule has 0 radical (unpaired) electrons. The van der Waals surface area contributed by atoms with Crippen LogP contribution in [0.25, 0.3) is 11.1 Å². The normalized spacial score (nSPS) is 13.7. The van der Waals surface area contributed by atoms with Crippen LogP contribution in [-0.4, -0.2) is 142 Å². The predicted octanol–water partition coefficient (Wildman–Crippen LogP) is -5.15. The van der Waals surface area contributed by atoms with Gasteiger partial charge in [-0.15, -0.1) is 0 Å². The summed E-state index contributed by atoms with van der Waals surface area (Å²) >= 11 is 0. The molecule has 0 aliphatic heterocycles. The van der Waals surface area contributed by atoms with Crippen molar-refractivity contribution in [3.8, 4) is 11.1 Å². The molecule has 4 atom stereocenters. The Kier molecular flexibility index (Phi) is 14.7. The molecule has 4 unspecified atom stereocenters. The van der Waals surface area contributed by atoms with Crippen LogP contribution < -0.4 is 32.7 Å². The number of aliphatic hydroxyl groups is 8. The summed E-state index contributed by atoms with van der Waals surface area (Å²) in [5, 5.41) is 84.6. The van der Waals surface area contributed by atoms with Gasteiger partial charge in [0.2, 0.25) is 0 Å². The van der Waals surface area contributed by atoms with Crippen molar-refractivity contribution in [2.45, 2.75) is 24.4 Å². The van der Waals surface area contributed by atoms with Crippen LogP contribution in [0.3, 0.4) is 0 Å². The second kappa shape index (κ2) is 17.9. The maximum atomic E-state index is 13.4. The molecule has 0 aromatic heterocycles. The van der Waals surface area contributed by atoms with E-state index in [1.165, 1.54) is 0 Å². The summed E-state index contributed by atoms with van der Waals surface area (Å²) in [7, 11) is 0. The Morgan fingerprint density at radius 3 is 1.02 bits per heavy atom. The van der Waals surface area contributed by atoms with E-state index in [9.17, 15) is 39.6 Å². The van der Waals surface area contributed by atoms with Crippen molar-refractivity contribution in [1.82, 2.24) is 21.3 Å². The summed E-state index contributed by atoms with van der Waals surface area (Å²) in [6, 6.07) is 4.45. The largest absolute Gasteiger partial charge is 0.398 e. The van der Waals surface area contributed by atoms with E-state index in [1.54, 1.807) is 0 Å². The number of amides is 4. The van der Waals surface area contributed by atoms with Crippen molar-refractivity contribution in [2.75, 3.05) is 64.1 Å². The Morgan fingerprint density at radius 2 is 0.761 bits per heavy atom. The fraction of sp³-hybridized carbons (Fsp3) is 0.429. The van der Waals surface area contributed by atoms with Gasteiger partial charge in [-0.1, -0.05) is 0 Å². The molecule has 2 aromatic rings. The third kappa shape index (κ3) is 10.3. The molecule has 0 saturated carbocycles. The summed E-state index contributed by atoms with van der Waals surface area (Å²) in [6.45, 7) is -4.24. The number of nitrogen functional groups attached to an aromatic ring is 2. The summed E-state index contributed by atoms with van der Waals surface area (Å²) in [6.07, 6.45) is -5.28. The topological polar surface area (TPSA) is 330 Å². The maximum Gasteiger partial charge on any atom is 0.252 e. The molecular formula is C28H40N6O12. The van der Waals surface area contributed by atoms with E-state index in [2.05, 4.69) is 21.3 Å². The molecule has 16 N–H and O–H groups in total. The van der Waals surface area contributed by atoms with Crippen LogP contribution >= 0.6 is 0 Å². The smallest absolute Gasteiger partial charge is 0.252 e. The summed E-state index contributed by atoms with van der Waals surface area (Å²) in [5.41, 5.74) is 10.7. The molecule has 0 bridgehead atoms. The van der Waals surface area contributed by atoms with Gasteiger partial charge in [0.05, 0.1) is 62.0 Å². The average molecular weight is 653 g/mol. The Labute approximate surface area is 262 Å².